The van der Waals surface area contributed by atoms with Crippen molar-refractivity contribution in [2.24, 2.45) is 10.4 Å². The third-order valence-electron chi connectivity index (χ3n) is 4.85. The van der Waals surface area contributed by atoms with Crippen molar-refractivity contribution in [1.82, 2.24) is 15.5 Å². The Morgan fingerprint density at radius 1 is 1.21 bits per heavy atom. The van der Waals surface area contributed by atoms with Crippen LogP contribution in [0.2, 0.25) is 0 Å². The number of nitrogens with zero attached hydrogens (tertiary/aromatic N) is 3. The molecule has 7 nitrogen and oxygen atoms in total. The SMILES string of the molecule is CCNC(=O)C(C)(C)CNC(=NC)N1CCN(c2cccc(OC)c2)CC1.I. The largest absolute Gasteiger partial charge is 0.497 e. The fourth-order valence-corrected chi connectivity index (χ4v) is 3.10. The lowest BCUT2D eigenvalue weighted by Crippen LogP contribution is -2.54. The molecule has 28 heavy (non-hydrogen) atoms. The quantitative estimate of drug-likeness (QED) is 0.354. The maximum absolute atomic E-state index is 12.2. The van der Waals surface area contributed by atoms with E-state index in [4.69, 9.17) is 4.74 Å². The number of rotatable bonds is 6. The van der Waals surface area contributed by atoms with Crippen molar-refractivity contribution in [3.63, 3.8) is 0 Å². The van der Waals surface area contributed by atoms with Gasteiger partial charge in [0, 0.05) is 58.1 Å². The summed E-state index contributed by atoms with van der Waals surface area (Å²) in [5.41, 5.74) is 0.684. The minimum absolute atomic E-state index is 0. The second kappa shape index (κ2) is 11.3. The van der Waals surface area contributed by atoms with E-state index in [9.17, 15) is 4.79 Å². The molecule has 1 aromatic rings. The lowest BCUT2D eigenvalue weighted by molar-refractivity contribution is -0.128. The van der Waals surface area contributed by atoms with Gasteiger partial charge in [-0.2, -0.15) is 0 Å². The van der Waals surface area contributed by atoms with Crippen LogP contribution in [0.5, 0.6) is 5.75 Å². The van der Waals surface area contributed by atoms with Gasteiger partial charge in [-0.15, -0.1) is 24.0 Å². The number of guanidine groups is 1. The molecule has 1 heterocycles. The molecule has 0 atom stereocenters. The molecule has 1 aliphatic rings. The van der Waals surface area contributed by atoms with Crippen LogP contribution in [0, 0.1) is 5.41 Å². The minimum Gasteiger partial charge on any atom is -0.497 e. The first-order valence-electron chi connectivity index (χ1n) is 9.54. The summed E-state index contributed by atoms with van der Waals surface area (Å²) in [5.74, 6) is 1.77. The van der Waals surface area contributed by atoms with E-state index in [1.165, 1.54) is 5.69 Å². The van der Waals surface area contributed by atoms with Crippen LogP contribution in [-0.2, 0) is 4.79 Å². The van der Waals surface area contributed by atoms with Gasteiger partial charge in [-0.1, -0.05) is 6.07 Å². The first kappa shape index (κ1) is 24.3. The average Bonchev–Trinajstić information content (AvgIpc) is 2.69. The monoisotopic (exact) mass is 503 g/mol. The fraction of sp³-hybridized carbons (Fsp3) is 0.600. The number of halogens is 1. The van der Waals surface area contributed by atoms with Gasteiger partial charge < -0.3 is 25.2 Å². The van der Waals surface area contributed by atoms with E-state index >= 15 is 0 Å². The molecule has 0 saturated carbocycles. The van der Waals surface area contributed by atoms with E-state index in [0.717, 1.165) is 37.9 Å². The summed E-state index contributed by atoms with van der Waals surface area (Å²) in [4.78, 5) is 21.2. The summed E-state index contributed by atoms with van der Waals surface area (Å²) in [6.07, 6.45) is 0. The highest BCUT2D eigenvalue weighted by molar-refractivity contribution is 14.0. The summed E-state index contributed by atoms with van der Waals surface area (Å²) in [6, 6.07) is 8.16. The Morgan fingerprint density at radius 2 is 1.89 bits per heavy atom. The third-order valence-corrected chi connectivity index (χ3v) is 4.85. The van der Waals surface area contributed by atoms with Gasteiger partial charge in [0.2, 0.25) is 5.91 Å². The van der Waals surface area contributed by atoms with Crippen molar-refractivity contribution in [3.05, 3.63) is 24.3 Å². The highest BCUT2D eigenvalue weighted by Gasteiger charge is 2.28. The highest BCUT2D eigenvalue weighted by atomic mass is 127. The minimum atomic E-state index is -0.492. The Hall–Kier alpha value is -1.71. The lowest BCUT2D eigenvalue weighted by atomic mass is 9.92. The molecular weight excluding hydrogens is 469 g/mol. The van der Waals surface area contributed by atoms with Crippen molar-refractivity contribution >= 4 is 41.5 Å². The first-order chi connectivity index (χ1) is 12.9. The fourth-order valence-electron chi connectivity index (χ4n) is 3.10. The summed E-state index contributed by atoms with van der Waals surface area (Å²) in [5, 5.41) is 6.26. The molecule has 158 valence electrons. The Kier molecular flexibility index (Phi) is 9.84. The Balaban J connectivity index is 0.00000392. The van der Waals surface area contributed by atoms with Gasteiger partial charge in [0.15, 0.2) is 5.96 Å². The predicted octanol–water partition coefficient (Wildman–Crippen LogP) is 2.17. The Labute approximate surface area is 185 Å². The van der Waals surface area contributed by atoms with Gasteiger partial charge in [-0.05, 0) is 32.9 Å². The number of carbonyl (C=O) groups is 1. The number of carbonyl (C=O) groups excluding carboxylic acids is 1. The maximum Gasteiger partial charge on any atom is 0.227 e. The van der Waals surface area contributed by atoms with E-state index in [1.54, 1.807) is 14.2 Å². The van der Waals surface area contributed by atoms with Crippen LogP contribution >= 0.6 is 24.0 Å². The molecule has 0 aliphatic carbocycles. The van der Waals surface area contributed by atoms with Crippen molar-refractivity contribution in [1.29, 1.82) is 0 Å². The number of nitrogens with one attached hydrogen (secondary N) is 2. The molecule has 0 radical (unpaired) electrons. The van der Waals surface area contributed by atoms with Crippen molar-refractivity contribution in [2.45, 2.75) is 20.8 Å². The molecule has 1 amide bonds. The zero-order valence-electron chi connectivity index (χ0n) is 17.6. The highest BCUT2D eigenvalue weighted by Crippen LogP contribution is 2.22. The second-order valence-electron chi connectivity index (χ2n) is 7.32. The van der Waals surface area contributed by atoms with Crippen LogP contribution in [0.15, 0.2) is 29.3 Å². The molecule has 8 heteroatoms. The van der Waals surface area contributed by atoms with Crippen LogP contribution in [-0.4, -0.2) is 70.2 Å². The standard InChI is InChI=1S/C20H33N5O2.HI/c1-6-22-18(26)20(2,3)15-23-19(21-4)25-12-10-24(11-13-25)16-8-7-9-17(14-16)27-5;/h7-9,14H,6,10-13,15H2,1-5H3,(H,21,23)(H,22,26);1H. The molecule has 1 fully saturated rings. The smallest absolute Gasteiger partial charge is 0.227 e. The molecule has 1 aromatic carbocycles. The molecule has 0 spiro atoms. The molecule has 2 rings (SSSR count). The zero-order valence-corrected chi connectivity index (χ0v) is 19.9. The molecule has 0 aromatic heterocycles. The van der Waals surface area contributed by atoms with Crippen LogP contribution in [0.1, 0.15) is 20.8 Å². The third kappa shape index (κ3) is 6.42. The van der Waals surface area contributed by atoms with Gasteiger partial charge in [-0.3, -0.25) is 9.79 Å². The summed E-state index contributed by atoms with van der Waals surface area (Å²) in [6.45, 7) is 10.6. The van der Waals surface area contributed by atoms with E-state index in [2.05, 4.69) is 37.6 Å². The summed E-state index contributed by atoms with van der Waals surface area (Å²) < 4.78 is 5.32. The van der Waals surface area contributed by atoms with E-state index in [-0.39, 0.29) is 29.9 Å². The molecule has 2 N–H and O–H groups in total. The Morgan fingerprint density at radius 3 is 2.46 bits per heavy atom. The summed E-state index contributed by atoms with van der Waals surface area (Å²) in [7, 11) is 3.48. The van der Waals surface area contributed by atoms with Crippen molar-refractivity contribution < 1.29 is 9.53 Å². The number of benzene rings is 1. The van der Waals surface area contributed by atoms with Gasteiger partial charge >= 0.3 is 0 Å². The van der Waals surface area contributed by atoms with Gasteiger partial charge in [-0.25, -0.2) is 0 Å². The number of methoxy groups -OCH3 is 1. The molecule has 0 bridgehead atoms. The number of ether oxygens (including phenoxy) is 1. The second-order valence-corrected chi connectivity index (χ2v) is 7.32. The average molecular weight is 503 g/mol. The number of anilines is 1. The Bertz CT molecular complexity index is 658. The van der Waals surface area contributed by atoms with Crippen molar-refractivity contribution in [2.75, 3.05) is 58.3 Å². The van der Waals surface area contributed by atoms with E-state index < -0.39 is 5.41 Å². The number of hydrogen-bond donors (Lipinski definition) is 2. The predicted molar refractivity (Wildman–Crippen MR) is 126 cm³/mol. The lowest BCUT2D eigenvalue weighted by Gasteiger charge is -2.38. The van der Waals surface area contributed by atoms with Crippen molar-refractivity contribution in [3.8, 4) is 5.75 Å². The van der Waals surface area contributed by atoms with E-state index in [0.29, 0.717) is 13.1 Å². The molecule has 0 unspecified atom stereocenters. The number of aliphatic imine (C=N–C) groups is 1. The first-order valence-corrected chi connectivity index (χ1v) is 9.54. The number of piperazine rings is 1. The van der Waals surface area contributed by atoms with Crippen LogP contribution < -0.4 is 20.3 Å². The molecular formula is C20H34IN5O2. The molecule has 1 saturated heterocycles. The van der Waals surface area contributed by atoms with Crippen LogP contribution in [0.4, 0.5) is 5.69 Å². The van der Waals surface area contributed by atoms with Crippen LogP contribution in [0.25, 0.3) is 0 Å². The van der Waals surface area contributed by atoms with Gasteiger partial charge in [0.1, 0.15) is 5.75 Å². The topological polar surface area (TPSA) is 69.2 Å². The van der Waals surface area contributed by atoms with Crippen LogP contribution in [0.3, 0.4) is 0 Å². The summed E-state index contributed by atoms with van der Waals surface area (Å²) >= 11 is 0. The normalized spacial score (nSPS) is 15.0. The maximum atomic E-state index is 12.2. The number of amides is 1. The zero-order chi connectivity index (χ0) is 19.9. The molecule has 1 aliphatic heterocycles. The van der Waals surface area contributed by atoms with E-state index in [1.807, 2.05) is 32.9 Å². The van der Waals surface area contributed by atoms with Gasteiger partial charge in [0.05, 0.1) is 12.5 Å². The van der Waals surface area contributed by atoms with Gasteiger partial charge in [0.25, 0.3) is 0 Å². The number of hydrogen-bond acceptors (Lipinski definition) is 4.